The summed E-state index contributed by atoms with van der Waals surface area (Å²) in [4.78, 5) is 20.4. The van der Waals surface area contributed by atoms with Crippen LogP contribution in [0.2, 0.25) is 0 Å². The van der Waals surface area contributed by atoms with Gasteiger partial charge in [-0.2, -0.15) is 0 Å². The van der Waals surface area contributed by atoms with E-state index in [1.807, 2.05) is 4.90 Å². The predicted octanol–water partition coefficient (Wildman–Crippen LogP) is 2.61. The lowest BCUT2D eigenvalue weighted by atomic mass is 9.85. The van der Waals surface area contributed by atoms with Crippen LogP contribution in [0, 0.1) is 0 Å². The number of thiophene rings is 1. The third kappa shape index (κ3) is 3.82. The average Bonchev–Trinajstić information content (AvgIpc) is 3.17. The minimum absolute atomic E-state index is 0. The second-order valence-electron chi connectivity index (χ2n) is 6.65. The molecule has 0 bridgehead atoms. The first kappa shape index (κ1) is 20.1. The van der Waals surface area contributed by atoms with Crippen LogP contribution in [-0.2, 0) is 16.8 Å². The van der Waals surface area contributed by atoms with Crippen molar-refractivity contribution in [3.63, 3.8) is 0 Å². The predicted molar refractivity (Wildman–Crippen MR) is 107 cm³/mol. The maximum absolute atomic E-state index is 13.0. The van der Waals surface area contributed by atoms with Gasteiger partial charge in [0, 0.05) is 30.7 Å². The van der Waals surface area contributed by atoms with Gasteiger partial charge in [-0.1, -0.05) is 0 Å². The third-order valence-electron chi connectivity index (χ3n) is 5.12. The molecule has 0 radical (unpaired) electrons. The summed E-state index contributed by atoms with van der Waals surface area (Å²) in [5.41, 5.74) is 7.05. The molecule has 0 unspecified atom stereocenters. The molecule has 0 saturated carbocycles. The Balaban J connectivity index is 0.00000210. The van der Waals surface area contributed by atoms with E-state index in [-0.39, 0.29) is 23.9 Å². The van der Waals surface area contributed by atoms with Crippen LogP contribution in [0.4, 0.5) is 0 Å². The van der Waals surface area contributed by atoms with Gasteiger partial charge in [0.25, 0.3) is 5.91 Å². The van der Waals surface area contributed by atoms with Crippen LogP contribution in [0.25, 0.3) is 0 Å². The summed E-state index contributed by atoms with van der Waals surface area (Å²) in [6.07, 6.45) is 4.24. The molecular formula is C19H24ClN3O3S. The highest BCUT2D eigenvalue weighted by Crippen LogP contribution is 2.44. The van der Waals surface area contributed by atoms with Crippen molar-refractivity contribution in [3.8, 4) is 5.75 Å². The van der Waals surface area contributed by atoms with Gasteiger partial charge in [-0.3, -0.25) is 4.79 Å². The van der Waals surface area contributed by atoms with E-state index in [1.165, 1.54) is 10.4 Å². The molecule has 1 amide bonds. The highest BCUT2D eigenvalue weighted by atomic mass is 35.5. The number of pyridine rings is 1. The molecule has 2 aliphatic heterocycles. The van der Waals surface area contributed by atoms with Crippen LogP contribution in [0.3, 0.4) is 0 Å². The minimum Gasteiger partial charge on any atom is -0.490 e. The summed E-state index contributed by atoms with van der Waals surface area (Å²) in [5, 5.41) is 2.15. The SMILES string of the molecule is Cl.NCCOc1cccnc1C(=O)N1CCC2(CC1)OCCc1ccsc12. The highest BCUT2D eigenvalue weighted by molar-refractivity contribution is 7.10. The summed E-state index contributed by atoms with van der Waals surface area (Å²) in [6, 6.07) is 5.74. The average molecular weight is 410 g/mol. The number of aromatic nitrogens is 1. The topological polar surface area (TPSA) is 77.7 Å². The molecular weight excluding hydrogens is 386 g/mol. The molecule has 6 nitrogen and oxygen atoms in total. The van der Waals surface area contributed by atoms with Gasteiger partial charge >= 0.3 is 0 Å². The number of amides is 1. The Morgan fingerprint density at radius 3 is 2.96 bits per heavy atom. The smallest absolute Gasteiger partial charge is 0.276 e. The molecule has 1 spiro atoms. The molecule has 1 fully saturated rings. The van der Waals surface area contributed by atoms with E-state index >= 15 is 0 Å². The maximum Gasteiger partial charge on any atom is 0.276 e. The largest absolute Gasteiger partial charge is 0.490 e. The van der Waals surface area contributed by atoms with E-state index < -0.39 is 0 Å². The molecule has 0 aromatic carbocycles. The van der Waals surface area contributed by atoms with E-state index in [2.05, 4.69) is 16.4 Å². The van der Waals surface area contributed by atoms with E-state index in [4.69, 9.17) is 15.2 Å². The Hall–Kier alpha value is -1.67. The Labute approximate surface area is 169 Å². The van der Waals surface area contributed by atoms with Crippen LogP contribution < -0.4 is 10.5 Å². The monoisotopic (exact) mass is 409 g/mol. The number of ether oxygens (including phenoxy) is 2. The summed E-state index contributed by atoms with van der Waals surface area (Å²) in [5.74, 6) is 0.410. The van der Waals surface area contributed by atoms with E-state index in [9.17, 15) is 4.79 Å². The van der Waals surface area contributed by atoms with Gasteiger partial charge < -0.3 is 20.1 Å². The quantitative estimate of drug-likeness (QED) is 0.839. The number of carbonyl (C=O) groups excluding carboxylic acids is 1. The van der Waals surface area contributed by atoms with Crippen molar-refractivity contribution in [1.29, 1.82) is 0 Å². The third-order valence-corrected chi connectivity index (χ3v) is 6.26. The van der Waals surface area contributed by atoms with Gasteiger partial charge in [0.1, 0.15) is 12.2 Å². The van der Waals surface area contributed by atoms with Gasteiger partial charge in [-0.05, 0) is 48.4 Å². The standard InChI is InChI=1S/C19H23N3O3S.ClH/c20-7-12-24-15-2-1-8-21-16(15)18(23)22-9-5-19(6-10-22)17-14(3-11-25-19)4-13-26-17;/h1-2,4,8,13H,3,5-7,9-12,20H2;1H. The minimum atomic E-state index is -0.221. The van der Waals surface area contributed by atoms with Crippen molar-refractivity contribution >= 4 is 29.7 Å². The fourth-order valence-electron chi connectivity index (χ4n) is 3.78. The van der Waals surface area contributed by atoms with E-state index in [0.717, 1.165) is 25.9 Å². The fraction of sp³-hybridized carbons (Fsp3) is 0.474. The van der Waals surface area contributed by atoms with Crippen LogP contribution in [0.15, 0.2) is 29.8 Å². The number of hydrogen-bond acceptors (Lipinski definition) is 6. The molecule has 4 rings (SSSR count). The number of halogens is 1. The molecule has 2 aromatic heterocycles. The van der Waals surface area contributed by atoms with Crippen LogP contribution >= 0.6 is 23.7 Å². The Morgan fingerprint density at radius 2 is 2.19 bits per heavy atom. The number of nitrogens with two attached hydrogens (primary N) is 1. The summed E-state index contributed by atoms with van der Waals surface area (Å²) < 4.78 is 11.8. The second kappa shape index (κ2) is 8.56. The Bertz CT molecular complexity index is 790. The zero-order chi connectivity index (χ0) is 18.0. The van der Waals surface area contributed by atoms with Gasteiger partial charge in [-0.15, -0.1) is 23.7 Å². The lowest BCUT2D eigenvalue weighted by Gasteiger charge is -2.43. The van der Waals surface area contributed by atoms with Crippen molar-refractivity contribution in [2.75, 3.05) is 32.8 Å². The fourth-order valence-corrected chi connectivity index (χ4v) is 4.95. The van der Waals surface area contributed by atoms with Crippen LogP contribution in [0.5, 0.6) is 5.75 Å². The number of fused-ring (bicyclic) bond motifs is 2. The summed E-state index contributed by atoms with van der Waals surface area (Å²) >= 11 is 1.78. The van der Waals surface area contributed by atoms with Crippen LogP contribution in [-0.4, -0.2) is 48.6 Å². The number of rotatable bonds is 4. The first-order valence-corrected chi connectivity index (χ1v) is 9.89. The number of likely N-dealkylation sites (tertiary alicyclic amines) is 1. The number of carbonyl (C=O) groups is 1. The zero-order valence-corrected chi connectivity index (χ0v) is 16.7. The molecule has 0 aliphatic carbocycles. The maximum atomic E-state index is 13.0. The highest BCUT2D eigenvalue weighted by Gasteiger charge is 2.43. The molecule has 8 heteroatoms. The van der Waals surface area contributed by atoms with Crippen molar-refractivity contribution in [2.24, 2.45) is 5.73 Å². The molecule has 2 aliphatic rings. The van der Waals surface area contributed by atoms with Gasteiger partial charge in [0.2, 0.25) is 0 Å². The van der Waals surface area contributed by atoms with Gasteiger partial charge in [0.15, 0.2) is 11.4 Å². The molecule has 1 saturated heterocycles. The lowest BCUT2D eigenvalue weighted by Crippen LogP contribution is -2.48. The zero-order valence-electron chi connectivity index (χ0n) is 15.1. The molecule has 27 heavy (non-hydrogen) atoms. The number of hydrogen-bond donors (Lipinski definition) is 1. The van der Waals surface area contributed by atoms with Crippen LogP contribution in [0.1, 0.15) is 33.8 Å². The normalized spacial score (nSPS) is 17.9. The number of piperidine rings is 1. The van der Waals surface area contributed by atoms with Crippen molar-refractivity contribution < 1.29 is 14.3 Å². The Morgan fingerprint density at radius 1 is 1.37 bits per heavy atom. The van der Waals surface area contributed by atoms with Gasteiger partial charge in [-0.25, -0.2) is 4.98 Å². The van der Waals surface area contributed by atoms with E-state index in [0.29, 0.717) is 37.7 Å². The molecule has 2 aromatic rings. The van der Waals surface area contributed by atoms with Crippen molar-refractivity contribution in [2.45, 2.75) is 24.9 Å². The first-order valence-electron chi connectivity index (χ1n) is 9.01. The Kier molecular flexibility index (Phi) is 6.37. The summed E-state index contributed by atoms with van der Waals surface area (Å²) in [7, 11) is 0. The molecule has 146 valence electrons. The lowest BCUT2D eigenvalue weighted by molar-refractivity contribution is -0.0906. The van der Waals surface area contributed by atoms with E-state index in [1.54, 1.807) is 29.7 Å². The number of nitrogens with zero attached hydrogens (tertiary/aromatic N) is 2. The molecule has 0 atom stereocenters. The first-order chi connectivity index (χ1) is 12.7. The second-order valence-corrected chi connectivity index (χ2v) is 7.56. The molecule has 4 heterocycles. The van der Waals surface area contributed by atoms with Gasteiger partial charge in [0.05, 0.1) is 6.61 Å². The van der Waals surface area contributed by atoms with Crippen molar-refractivity contribution in [3.05, 3.63) is 45.9 Å². The summed E-state index contributed by atoms with van der Waals surface area (Å²) in [6.45, 7) is 2.83. The molecule has 2 N–H and O–H groups in total. The van der Waals surface area contributed by atoms with Crippen molar-refractivity contribution in [1.82, 2.24) is 9.88 Å².